The summed E-state index contributed by atoms with van der Waals surface area (Å²) >= 11 is 5.89. The molecule has 3 aromatic rings. The molecule has 1 aromatic heterocycles. The normalized spacial score (nSPS) is 16.8. The second-order valence-corrected chi connectivity index (χ2v) is 9.83. The van der Waals surface area contributed by atoms with Crippen molar-refractivity contribution < 1.29 is 17.6 Å². The lowest BCUT2D eigenvalue weighted by molar-refractivity contribution is -0.124. The number of rotatable bonds is 6. The van der Waals surface area contributed by atoms with Crippen LogP contribution in [0.5, 0.6) is 0 Å². The van der Waals surface area contributed by atoms with E-state index in [9.17, 15) is 17.6 Å². The quantitative estimate of drug-likeness (QED) is 0.586. The Morgan fingerprint density at radius 3 is 2.66 bits per heavy atom. The maximum atomic E-state index is 13.2. The van der Waals surface area contributed by atoms with Crippen molar-refractivity contribution in [1.29, 1.82) is 0 Å². The highest BCUT2D eigenvalue weighted by molar-refractivity contribution is 7.89. The number of carbonyl (C=O) groups excluding carboxylic acids is 1. The van der Waals surface area contributed by atoms with Crippen LogP contribution in [-0.2, 0) is 21.4 Å². The number of nitrogens with zero attached hydrogens (tertiary/aromatic N) is 2. The molecule has 6 nitrogen and oxygen atoms in total. The van der Waals surface area contributed by atoms with Gasteiger partial charge in [0, 0.05) is 24.8 Å². The van der Waals surface area contributed by atoms with Crippen molar-refractivity contribution in [1.82, 2.24) is 14.6 Å². The molecule has 0 aliphatic carbocycles. The lowest BCUT2D eigenvalue weighted by Crippen LogP contribution is -2.45. The standard InChI is InChI=1S/C23H21ClFN3O3S/c24-18-6-11-21(26-15-18)17-4-1-3-16(13-17)14-27-23(29)22-5-2-12-28(22)32(30,31)20-9-7-19(25)8-10-20/h1,3-4,6-11,13,15,22H,2,5,12,14H2,(H,27,29). The number of benzene rings is 2. The van der Waals surface area contributed by atoms with E-state index in [-0.39, 0.29) is 23.9 Å². The number of aromatic nitrogens is 1. The molecule has 1 fully saturated rings. The van der Waals surface area contributed by atoms with Crippen LogP contribution in [0.3, 0.4) is 0 Å². The molecule has 32 heavy (non-hydrogen) atoms. The van der Waals surface area contributed by atoms with Crippen LogP contribution < -0.4 is 5.32 Å². The monoisotopic (exact) mass is 473 g/mol. The fourth-order valence-electron chi connectivity index (χ4n) is 3.73. The Labute approximate surface area is 191 Å². The Bertz CT molecular complexity index is 1220. The van der Waals surface area contributed by atoms with E-state index in [0.29, 0.717) is 17.9 Å². The minimum atomic E-state index is -3.89. The molecule has 0 radical (unpaired) electrons. The summed E-state index contributed by atoms with van der Waals surface area (Å²) in [7, 11) is -3.89. The molecule has 166 valence electrons. The van der Waals surface area contributed by atoms with Crippen molar-refractivity contribution in [2.45, 2.75) is 30.3 Å². The Hall–Kier alpha value is -2.81. The lowest BCUT2D eigenvalue weighted by Gasteiger charge is -2.23. The van der Waals surface area contributed by atoms with Gasteiger partial charge in [-0.25, -0.2) is 12.8 Å². The molecule has 0 bridgehead atoms. The third-order valence-corrected chi connectivity index (χ3v) is 7.49. The molecule has 4 rings (SSSR count). The van der Waals surface area contributed by atoms with Crippen LogP contribution in [0, 0.1) is 5.82 Å². The SMILES string of the molecule is O=C(NCc1cccc(-c2ccc(Cl)cn2)c1)C1CCCN1S(=O)(=O)c1ccc(F)cc1. The molecule has 9 heteroatoms. The summed E-state index contributed by atoms with van der Waals surface area (Å²) in [6.45, 7) is 0.497. The zero-order valence-corrected chi connectivity index (χ0v) is 18.6. The summed E-state index contributed by atoms with van der Waals surface area (Å²) in [6.07, 6.45) is 2.58. The van der Waals surface area contributed by atoms with Gasteiger partial charge < -0.3 is 5.32 Å². The van der Waals surface area contributed by atoms with Gasteiger partial charge in [0.05, 0.1) is 15.6 Å². The fraction of sp³-hybridized carbons (Fsp3) is 0.217. The van der Waals surface area contributed by atoms with Crippen molar-refractivity contribution in [3.63, 3.8) is 0 Å². The van der Waals surface area contributed by atoms with E-state index in [1.807, 2.05) is 30.3 Å². The molecule has 0 spiro atoms. The number of hydrogen-bond donors (Lipinski definition) is 1. The van der Waals surface area contributed by atoms with Gasteiger partial charge in [-0.3, -0.25) is 9.78 Å². The third kappa shape index (κ3) is 4.82. The van der Waals surface area contributed by atoms with Gasteiger partial charge in [-0.15, -0.1) is 0 Å². The van der Waals surface area contributed by atoms with Crippen LogP contribution in [0.25, 0.3) is 11.3 Å². The first-order valence-electron chi connectivity index (χ1n) is 10.1. The minimum absolute atomic E-state index is 0.0261. The van der Waals surface area contributed by atoms with Crippen LogP contribution in [0.1, 0.15) is 18.4 Å². The van der Waals surface area contributed by atoms with Gasteiger partial charge in [0.15, 0.2) is 0 Å². The first-order chi connectivity index (χ1) is 15.3. The Morgan fingerprint density at radius 2 is 1.94 bits per heavy atom. The lowest BCUT2D eigenvalue weighted by atomic mass is 10.1. The highest BCUT2D eigenvalue weighted by Crippen LogP contribution is 2.26. The molecular weight excluding hydrogens is 453 g/mol. The smallest absolute Gasteiger partial charge is 0.243 e. The summed E-state index contributed by atoms with van der Waals surface area (Å²) in [5.74, 6) is -0.876. The maximum Gasteiger partial charge on any atom is 0.243 e. The van der Waals surface area contributed by atoms with E-state index in [0.717, 1.165) is 29.0 Å². The van der Waals surface area contributed by atoms with Crippen molar-refractivity contribution in [3.8, 4) is 11.3 Å². The molecule has 1 aliphatic heterocycles. The van der Waals surface area contributed by atoms with E-state index in [4.69, 9.17) is 11.6 Å². The third-order valence-electron chi connectivity index (χ3n) is 5.34. The molecule has 1 aliphatic rings. The molecule has 1 unspecified atom stereocenters. The summed E-state index contributed by atoms with van der Waals surface area (Å²) in [5, 5.41) is 3.39. The summed E-state index contributed by atoms with van der Waals surface area (Å²) in [4.78, 5) is 17.1. The van der Waals surface area contributed by atoms with Crippen molar-refractivity contribution in [2.75, 3.05) is 6.54 Å². The molecular formula is C23H21ClFN3O3S. The molecule has 0 saturated carbocycles. The zero-order valence-electron chi connectivity index (χ0n) is 17.0. The highest BCUT2D eigenvalue weighted by atomic mass is 35.5. The van der Waals surface area contributed by atoms with Gasteiger partial charge in [-0.1, -0.05) is 29.8 Å². The fourth-order valence-corrected chi connectivity index (χ4v) is 5.49. The second-order valence-electron chi connectivity index (χ2n) is 7.51. The van der Waals surface area contributed by atoms with Crippen LogP contribution >= 0.6 is 11.6 Å². The second kappa shape index (κ2) is 9.36. The van der Waals surface area contributed by atoms with Crippen molar-refractivity contribution in [3.05, 3.63) is 83.3 Å². The van der Waals surface area contributed by atoms with Crippen LogP contribution in [0.15, 0.2) is 71.8 Å². The topological polar surface area (TPSA) is 79.4 Å². The average Bonchev–Trinajstić information content (AvgIpc) is 3.30. The largest absolute Gasteiger partial charge is 0.351 e. The number of pyridine rings is 1. The van der Waals surface area contributed by atoms with Crippen LogP contribution in [0.4, 0.5) is 4.39 Å². The summed E-state index contributed by atoms with van der Waals surface area (Å²) in [6, 6.07) is 15.0. The Morgan fingerprint density at radius 1 is 1.16 bits per heavy atom. The minimum Gasteiger partial charge on any atom is -0.351 e. The first-order valence-corrected chi connectivity index (χ1v) is 11.9. The summed E-state index contributed by atoms with van der Waals surface area (Å²) in [5.41, 5.74) is 2.50. The molecule has 1 N–H and O–H groups in total. The predicted octanol–water partition coefficient (Wildman–Crippen LogP) is 4.01. The Balaban J connectivity index is 1.45. The van der Waals surface area contributed by atoms with Crippen molar-refractivity contribution >= 4 is 27.5 Å². The van der Waals surface area contributed by atoms with Gasteiger partial charge in [0.25, 0.3) is 0 Å². The molecule has 1 saturated heterocycles. The van der Waals surface area contributed by atoms with Gasteiger partial charge in [0.2, 0.25) is 15.9 Å². The predicted molar refractivity (Wildman–Crippen MR) is 120 cm³/mol. The number of carbonyl (C=O) groups is 1. The van der Waals surface area contributed by atoms with Gasteiger partial charge in [-0.05, 0) is 60.9 Å². The number of halogens is 2. The highest BCUT2D eigenvalue weighted by Gasteiger charge is 2.39. The summed E-state index contributed by atoms with van der Waals surface area (Å²) < 4.78 is 40.3. The molecule has 1 amide bonds. The first kappa shape index (κ1) is 22.4. The molecule has 2 aromatic carbocycles. The number of amides is 1. The van der Waals surface area contributed by atoms with E-state index in [1.54, 1.807) is 12.3 Å². The van der Waals surface area contributed by atoms with Crippen molar-refractivity contribution in [2.24, 2.45) is 0 Å². The van der Waals surface area contributed by atoms with E-state index < -0.39 is 21.9 Å². The van der Waals surface area contributed by atoms with Crippen LogP contribution in [-0.4, -0.2) is 36.2 Å². The molecule has 1 atom stereocenters. The zero-order chi connectivity index (χ0) is 22.7. The Kier molecular flexibility index (Phi) is 6.55. The number of hydrogen-bond acceptors (Lipinski definition) is 4. The van der Waals surface area contributed by atoms with Crippen LogP contribution in [0.2, 0.25) is 5.02 Å². The average molecular weight is 474 g/mol. The van der Waals surface area contributed by atoms with Gasteiger partial charge in [-0.2, -0.15) is 4.31 Å². The number of sulfonamides is 1. The molecule has 2 heterocycles. The maximum absolute atomic E-state index is 13.2. The van der Waals surface area contributed by atoms with E-state index in [2.05, 4.69) is 10.3 Å². The number of nitrogens with one attached hydrogen (secondary N) is 1. The van der Waals surface area contributed by atoms with Gasteiger partial charge >= 0.3 is 0 Å². The van der Waals surface area contributed by atoms with Gasteiger partial charge in [0.1, 0.15) is 11.9 Å². The van der Waals surface area contributed by atoms with E-state index >= 15 is 0 Å². The van der Waals surface area contributed by atoms with E-state index in [1.165, 1.54) is 16.4 Å².